The Balaban J connectivity index is 1.36. The third-order valence-corrected chi connectivity index (χ3v) is 5.68. The van der Waals surface area contributed by atoms with E-state index in [0.29, 0.717) is 42.6 Å². The molecule has 1 atom stereocenters. The Morgan fingerprint density at radius 3 is 2.55 bits per heavy atom. The first-order valence-corrected chi connectivity index (χ1v) is 11.1. The van der Waals surface area contributed by atoms with Gasteiger partial charge in [0.2, 0.25) is 0 Å². The van der Waals surface area contributed by atoms with E-state index in [4.69, 9.17) is 14.5 Å². The molecule has 0 aliphatic carbocycles. The molecule has 1 N–H and O–H groups in total. The highest BCUT2D eigenvalue weighted by atomic mass is 16.5. The van der Waals surface area contributed by atoms with Crippen LogP contribution in [0, 0.1) is 0 Å². The van der Waals surface area contributed by atoms with Gasteiger partial charge in [0, 0.05) is 37.6 Å². The summed E-state index contributed by atoms with van der Waals surface area (Å²) >= 11 is 0. The lowest BCUT2D eigenvalue weighted by molar-refractivity contribution is -0.140. The van der Waals surface area contributed by atoms with Crippen molar-refractivity contribution >= 4 is 17.5 Å². The van der Waals surface area contributed by atoms with Gasteiger partial charge in [-0.25, -0.2) is 9.97 Å². The Hall–Kier alpha value is -3.75. The second kappa shape index (κ2) is 10.7. The summed E-state index contributed by atoms with van der Waals surface area (Å²) in [5, 5.41) is 3.13. The van der Waals surface area contributed by atoms with E-state index in [2.05, 4.69) is 20.3 Å². The van der Waals surface area contributed by atoms with Crippen LogP contribution in [0.2, 0.25) is 0 Å². The number of hydrogen-bond donors (Lipinski definition) is 1. The minimum atomic E-state index is -0.544. The summed E-state index contributed by atoms with van der Waals surface area (Å²) < 4.78 is 11.4. The van der Waals surface area contributed by atoms with Gasteiger partial charge in [0.25, 0.3) is 5.91 Å². The Labute approximate surface area is 193 Å². The third kappa shape index (κ3) is 5.54. The zero-order chi connectivity index (χ0) is 23.0. The molecule has 172 valence electrons. The molecular formula is C24H28N6O3. The Morgan fingerprint density at radius 1 is 1.09 bits per heavy atom. The van der Waals surface area contributed by atoms with Crippen molar-refractivity contribution in [2.75, 3.05) is 25.5 Å². The average molecular weight is 449 g/mol. The topological polar surface area (TPSA) is 102 Å². The fraction of sp³-hybridized carbons (Fsp3) is 0.375. The van der Waals surface area contributed by atoms with Crippen molar-refractivity contribution in [3.63, 3.8) is 0 Å². The zero-order valence-electron chi connectivity index (χ0n) is 18.8. The van der Waals surface area contributed by atoms with Crippen LogP contribution >= 0.6 is 0 Å². The number of aromatic nitrogens is 4. The predicted molar refractivity (Wildman–Crippen MR) is 124 cm³/mol. The molecule has 1 aliphatic rings. The van der Waals surface area contributed by atoms with Gasteiger partial charge in [0.05, 0.1) is 25.2 Å². The van der Waals surface area contributed by atoms with Gasteiger partial charge in [-0.05, 0) is 31.4 Å². The van der Waals surface area contributed by atoms with Crippen LogP contribution in [-0.4, -0.2) is 57.0 Å². The van der Waals surface area contributed by atoms with Crippen LogP contribution in [0.3, 0.4) is 0 Å². The van der Waals surface area contributed by atoms with E-state index in [-0.39, 0.29) is 11.8 Å². The highest BCUT2D eigenvalue weighted by molar-refractivity contribution is 5.81. The van der Waals surface area contributed by atoms with Crippen LogP contribution in [0.4, 0.5) is 11.6 Å². The number of likely N-dealkylation sites (tertiary alicyclic amines) is 1. The molecule has 0 radical (unpaired) electrons. The largest absolute Gasteiger partial charge is 0.493 e. The molecule has 1 aliphatic heterocycles. The van der Waals surface area contributed by atoms with E-state index < -0.39 is 6.10 Å². The molecule has 4 rings (SSSR count). The van der Waals surface area contributed by atoms with Gasteiger partial charge >= 0.3 is 0 Å². The molecule has 0 spiro atoms. The molecule has 3 aromatic rings. The molecule has 33 heavy (non-hydrogen) atoms. The molecule has 1 amide bonds. The van der Waals surface area contributed by atoms with Gasteiger partial charge in [0.15, 0.2) is 17.6 Å². The lowest BCUT2D eigenvalue weighted by Gasteiger charge is -2.34. The van der Waals surface area contributed by atoms with Gasteiger partial charge in [-0.1, -0.05) is 19.1 Å². The van der Waals surface area contributed by atoms with Crippen LogP contribution in [0.5, 0.6) is 11.5 Å². The van der Waals surface area contributed by atoms with E-state index in [0.717, 1.165) is 18.5 Å². The molecule has 2 aromatic heterocycles. The highest BCUT2D eigenvalue weighted by Gasteiger charge is 2.30. The SMILES string of the molecule is CC[C@H](Oc1ccccc1OC)C(=O)N1CCC(c2cncc(Nc3cnccn3)n2)CC1. The zero-order valence-corrected chi connectivity index (χ0v) is 18.8. The first-order chi connectivity index (χ1) is 16.2. The number of ether oxygens (including phenoxy) is 2. The first kappa shape index (κ1) is 22.4. The number of rotatable bonds is 8. The molecule has 0 saturated carbocycles. The molecule has 9 nitrogen and oxygen atoms in total. The summed E-state index contributed by atoms with van der Waals surface area (Å²) in [7, 11) is 1.59. The van der Waals surface area contributed by atoms with Crippen LogP contribution in [0.25, 0.3) is 0 Å². The molecule has 1 aromatic carbocycles. The maximum Gasteiger partial charge on any atom is 0.263 e. The molecule has 0 unspecified atom stereocenters. The standard InChI is InChI=1S/C24H28N6O3/c1-3-19(33-21-7-5-4-6-20(21)32-2)24(31)30-12-8-17(9-13-30)18-14-26-16-23(28-18)29-22-15-25-10-11-27-22/h4-7,10-11,14-17,19H,3,8-9,12-13H2,1-2H3,(H,27,28,29)/t19-/m0/s1. The monoisotopic (exact) mass is 448 g/mol. The van der Waals surface area contributed by atoms with E-state index in [1.165, 1.54) is 0 Å². The summed E-state index contributed by atoms with van der Waals surface area (Å²) in [5.74, 6) is 2.69. The van der Waals surface area contributed by atoms with E-state index in [1.807, 2.05) is 36.1 Å². The maximum absolute atomic E-state index is 13.1. The van der Waals surface area contributed by atoms with Crippen molar-refractivity contribution in [2.45, 2.75) is 38.2 Å². The van der Waals surface area contributed by atoms with Crippen LogP contribution in [0.15, 0.2) is 55.2 Å². The number of hydrogen-bond acceptors (Lipinski definition) is 8. The maximum atomic E-state index is 13.1. The van der Waals surface area contributed by atoms with Gasteiger partial charge in [0.1, 0.15) is 11.6 Å². The lowest BCUT2D eigenvalue weighted by Crippen LogP contribution is -2.45. The number of carbonyl (C=O) groups excluding carboxylic acids is 1. The van der Waals surface area contributed by atoms with Crippen molar-refractivity contribution in [2.24, 2.45) is 0 Å². The molecular weight excluding hydrogens is 420 g/mol. The Bertz CT molecular complexity index is 1060. The second-order valence-electron chi connectivity index (χ2n) is 7.81. The second-order valence-corrected chi connectivity index (χ2v) is 7.81. The van der Waals surface area contributed by atoms with Crippen molar-refractivity contribution in [1.29, 1.82) is 0 Å². The third-order valence-electron chi connectivity index (χ3n) is 5.68. The van der Waals surface area contributed by atoms with E-state index >= 15 is 0 Å². The Morgan fingerprint density at radius 2 is 1.85 bits per heavy atom. The number of para-hydroxylation sites is 2. The number of nitrogens with one attached hydrogen (secondary N) is 1. The number of amides is 1. The minimum Gasteiger partial charge on any atom is -0.493 e. The van der Waals surface area contributed by atoms with Gasteiger partial charge < -0.3 is 19.7 Å². The fourth-order valence-corrected chi connectivity index (χ4v) is 3.91. The molecule has 1 saturated heterocycles. The van der Waals surface area contributed by atoms with Crippen LogP contribution in [0.1, 0.15) is 37.8 Å². The quantitative estimate of drug-likeness (QED) is 0.558. The lowest BCUT2D eigenvalue weighted by atomic mass is 9.93. The van der Waals surface area contributed by atoms with Gasteiger partial charge in [-0.3, -0.25) is 14.8 Å². The summed E-state index contributed by atoms with van der Waals surface area (Å²) in [4.78, 5) is 32.3. The minimum absolute atomic E-state index is 0.00556. The van der Waals surface area contributed by atoms with Crippen LogP contribution in [-0.2, 0) is 4.79 Å². The summed E-state index contributed by atoms with van der Waals surface area (Å²) in [6, 6.07) is 7.39. The number of carbonyl (C=O) groups is 1. The summed E-state index contributed by atoms with van der Waals surface area (Å²) in [5.41, 5.74) is 0.910. The average Bonchev–Trinajstić information content (AvgIpc) is 2.88. The number of piperidine rings is 1. The van der Waals surface area contributed by atoms with Crippen molar-refractivity contribution in [1.82, 2.24) is 24.8 Å². The molecule has 1 fully saturated rings. The van der Waals surface area contributed by atoms with Crippen molar-refractivity contribution in [3.8, 4) is 11.5 Å². The molecule has 9 heteroatoms. The van der Waals surface area contributed by atoms with E-state index in [9.17, 15) is 4.79 Å². The highest BCUT2D eigenvalue weighted by Crippen LogP contribution is 2.30. The van der Waals surface area contributed by atoms with Crippen LogP contribution < -0.4 is 14.8 Å². The number of benzene rings is 1. The van der Waals surface area contributed by atoms with E-state index in [1.54, 1.807) is 38.1 Å². The predicted octanol–water partition coefficient (Wildman–Crippen LogP) is 3.58. The van der Waals surface area contributed by atoms with Crippen molar-refractivity contribution in [3.05, 3.63) is 60.9 Å². The molecule has 3 heterocycles. The number of anilines is 2. The number of methoxy groups -OCH3 is 1. The normalized spacial score (nSPS) is 15.0. The number of nitrogens with zero attached hydrogens (tertiary/aromatic N) is 5. The first-order valence-electron chi connectivity index (χ1n) is 11.1. The van der Waals surface area contributed by atoms with Gasteiger partial charge in [-0.2, -0.15) is 0 Å². The summed E-state index contributed by atoms with van der Waals surface area (Å²) in [6.45, 7) is 3.26. The summed E-state index contributed by atoms with van der Waals surface area (Å²) in [6.07, 6.45) is 10.0. The molecule has 0 bridgehead atoms. The Kier molecular flexibility index (Phi) is 7.29. The smallest absolute Gasteiger partial charge is 0.263 e. The van der Waals surface area contributed by atoms with Gasteiger partial charge in [-0.15, -0.1) is 0 Å². The fourth-order valence-electron chi connectivity index (χ4n) is 3.91. The van der Waals surface area contributed by atoms with Crippen molar-refractivity contribution < 1.29 is 14.3 Å².